The minimum Gasteiger partial charge on any atom is -0.334 e. The Kier molecular flexibility index (Phi) is 6.08. The molecule has 2 aromatic rings. The van der Waals surface area contributed by atoms with Gasteiger partial charge < -0.3 is 10.6 Å². The molecule has 1 aromatic heterocycles. The van der Waals surface area contributed by atoms with Crippen molar-refractivity contribution in [2.45, 2.75) is 31.2 Å². The number of piperidine rings is 1. The average molecular weight is 388 g/mol. The van der Waals surface area contributed by atoms with Crippen LogP contribution in [-0.2, 0) is 16.6 Å². The van der Waals surface area contributed by atoms with Crippen molar-refractivity contribution in [3.8, 4) is 0 Å². The number of sulfonamides is 1. The van der Waals surface area contributed by atoms with Gasteiger partial charge in [-0.15, -0.1) is 0 Å². The van der Waals surface area contributed by atoms with Gasteiger partial charge in [0.25, 0.3) is 0 Å². The number of aromatic nitrogens is 1. The predicted molar refractivity (Wildman–Crippen MR) is 104 cm³/mol. The fourth-order valence-corrected chi connectivity index (χ4v) is 4.41. The summed E-state index contributed by atoms with van der Waals surface area (Å²) in [6, 6.07) is 9.57. The highest BCUT2D eigenvalue weighted by Gasteiger charge is 2.27. The van der Waals surface area contributed by atoms with Crippen LogP contribution in [0.1, 0.15) is 25.3 Å². The van der Waals surface area contributed by atoms with Crippen LogP contribution in [0.3, 0.4) is 0 Å². The highest BCUT2D eigenvalue weighted by molar-refractivity contribution is 7.89. The number of nitrogens with one attached hydrogen (secondary N) is 2. The molecule has 1 aliphatic rings. The van der Waals surface area contributed by atoms with E-state index in [1.807, 2.05) is 6.07 Å². The van der Waals surface area contributed by atoms with Crippen molar-refractivity contribution in [1.82, 2.24) is 14.6 Å². The predicted octanol–water partition coefficient (Wildman–Crippen LogP) is 2.82. The summed E-state index contributed by atoms with van der Waals surface area (Å²) in [7, 11) is -3.48. The quantitative estimate of drug-likeness (QED) is 0.824. The van der Waals surface area contributed by atoms with E-state index in [0.29, 0.717) is 31.2 Å². The third-order valence-corrected chi connectivity index (χ3v) is 6.58. The molecule has 0 unspecified atom stereocenters. The summed E-state index contributed by atoms with van der Waals surface area (Å²) >= 11 is 0. The molecule has 0 radical (unpaired) electrons. The third kappa shape index (κ3) is 5.05. The molecule has 2 heterocycles. The topological polar surface area (TPSA) is 91.4 Å². The van der Waals surface area contributed by atoms with Crippen LogP contribution in [0.5, 0.6) is 0 Å². The summed E-state index contributed by atoms with van der Waals surface area (Å²) in [4.78, 5) is 16.2. The smallest absolute Gasteiger partial charge is 0.319 e. The zero-order valence-corrected chi connectivity index (χ0v) is 16.1. The molecule has 1 aromatic carbocycles. The van der Waals surface area contributed by atoms with Gasteiger partial charge in [0.1, 0.15) is 0 Å². The molecule has 27 heavy (non-hydrogen) atoms. The van der Waals surface area contributed by atoms with E-state index in [4.69, 9.17) is 0 Å². The van der Waals surface area contributed by atoms with Gasteiger partial charge in [0.05, 0.1) is 4.90 Å². The Labute approximate surface area is 159 Å². The van der Waals surface area contributed by atoms with Crippen LogP contribution in [0.15, 0.2) is 53.7 Å². The van der Waals surface area contributed by atoms with E-state index in [2.05, 4.69) is 22.5 Å². The maximum absolute atomic E-state index is 12.7. The van der Waals surface area contributed by atoms with E-state index in [9.17, 15) is 13.2 Å². The lowest BCUT2D eigenvalue weighted by Gasteiger charge is -2.29. The van der Waals surface area contributed by atoms with Gasteiger partial charge in [-0.05, 0) is 54.7 Å². The molecule has 2 amide bonds. The van der Waals surface area contributed by atoms with Gasteiger partial charge in [0.2, 0.25) is 10.0 Å². The molecule has 144 valence electrons. The summed E-state index contributed by atoms with van der Waals surface area (Å²) in [5, 5.41) is 5.43. The molecule has 3 rings (SSSR count). The summed E-state index contributed by atoms with van der Waals surface area (Å²) in [5.41, 5.74) is 1.43. The molecule has 0 spiro atoms. The summed E-state index contributed by atoms with van der Waals surface area (Å²) in [6.07, 6.45) is 5.12. The summed E-state index contributed by atoms with van der Waals surface area (Å²) in [6.45, 7) is 3.61. The molecule has 8 heteroatoms. The van der Waals surface area contributed by atoms with Gasteiger partial charge in [-0.1, -0.05) is 13.0 Å². The Balaban J connectivity index is 1.57. The van der Waals surface area contributed by atoms with Crippen molar-refractivity contribution in [3.63, 3.8) is 0 Å². The Morgan fingerprint density at radius 3 is 2.52 bits per heavy atom. The lowest BCUT2D eigenvalue weighted by molar-refractivity contribution is 0.251. The van der Waals surface area contributed by atoms with Crippen LogP contribution >= 0.6 is 0 Å². The van der Waals surface area contributed by atoms with Crippen molar-refractivity contribution in [2.75, 3.05) is 18.4 Å². The molecular weight excluding hydrogens is 364 g/mol. The Morgan fingerprint density at radius 2 is 1.89 bits per heavy atom. The minimum atomic E-state index is -3.48. The van der Waals surface area contributed by atoms with E-state index in [1.165, 1.54) is 16.4 Å². The number of amides is 2. The number of anilines is 1. The highest BCUT2D eigenvalue weighted by atomic mass is 32.2. The largest absolute Gasteiger partial charge is 0.334 e. The van der Waals surface area contributed by atoms with E-state index in [0.717, 1.165) is 18.4 Å². The average Bonchev–Trinajstić information content (AvgIpc) is 2.68. The van der Waals surface area contributed by atoms with E-state index < -0.39 is 10.0 Å². The van der Waals surface area contributed by atoms with Crippen molar-refractivity contribution in [2.24, 2.45) is 5.92 Å². The molecular formula is C19H24N4O3S. The summed E-state index contributed by atoms with van der Waals surface area (Å²) in [5.74, 6) is 0.563. The molecule has 1 saturated heterocycles. The maximum atomic E-state index is 12.7. The maximum Gasteiger partial charge on any atom is 0.319 e. The number of hydrogen-bond donors (Lipinski definition) is 2. The van der Waals surface area contributed by atoms with Crippen LogP contribution in [0.25, 0.3) is 0 Å². The standard InChI is InChI=1S/C19H24N4O3S/c1-15-8-11-23(12-9-15)27(25,26)18-6-4-17(5-7-18)22-19(24)21-14-16-3-2-10-20-13-16/h2-7,10,13,15H,8-9,11-12,14H2,1H3,(H2,21,22,24). The first kappa shape index (κ1) is 19.3. The fraction of sp³-hybridized carbons (Fsp3) is 0.368. The van der Waals surface area contributed by atoms with Crippen molar-refractivity contribution in [3.05, 3.63) is 54.4 Å². The zero-order valence-electron chi connectivity index (χ0n) is 15.3. The van der Waals surface area contributed by atoms with Crippen molar-refractivity contribution < 1.29 is 13.2 Å². The fourth-order valence-electron chi connectivity index (χ4n) is 2.94. The lowest BCUT2D eigenvalue weighted by atomic mass is 10.0. The monoisotopic (exact) mass is 388 g/mol. The van der Waals surface area contributed by atoms with Gasteiger partial charge in [0.15, 0.2) is 0 Å². The highest BCUT2D eigenvalue weighted by Crippen LogP contribution is 2.24. The molecule has 2 N–H and O–H groups in total. The van der Waals surface area contributed by atoms with Crippen molar-refractivity contribution in [1.29, 1.82) is 0 Å². The van der Waals surface area contributed by atoms with Gasteiger partial charge >= 0.3 is 6.03 Å². The molecule has 1 fully saturated rings. The first-order chi connectivity index (χ1) is 12.9. The number of urea groups is 1. The number of pyridine rings is 1. The van der Waals surface area contributed by atoms with Crippen LogP contribution in [0, 0.1) is 5.92 Å². The second-order valence-electron chi connectivity index (χ2n) is 6.78. The summed E-state index contributed by atoms with van der Waals surface area (Å²) < 4.78 is 27.0. The number of carbonyl (C=O) groups excluding carboxylic acids is 1. The van der Waals surface area contributed by atoms with Crippen molar-refractivity contribution >= 4 is 21.7 Å². The molecule has 0 saturated carbocycles. The first-order valence-electron chi connectivity index (χ1n) is 8.99. The number of hydrogen-bond acceptors (Lipinski definition) is 4. The second-order valence-corrected chi connectivity index (χ2v) is 8.72. The number of nitrogens with zero attached hydrogens (tertiary/aromatic N) is 2. The lowest BCUT2D eigenvalue weighted by Crippen LogP contribution is -2.37. The molecule has 0 aliphatic carbocycles. The minimum absolute atomic E-state index is 0.248. The van der Waals surface area contributed by atoms with Crippen LogP contribution in [0.2, 0.25) is 0 Å². The Morgan fingerprint density at radius 1 is 1.19 bits per heavy atom. The molecule has 0 atom stereocenters. The number of benzene rings is 1. The SMILES string of the molecule is CC1CCN(S(=O)(=O)c2ccc(NC(=O)NCc3cccnc3)cc2)CC1. The van der Waals surface area contributed by atoms with Gasteiger partial charge in [0, 0.05) is 37.7 Å². The molecule has 7 nitrogen and oxygen atoms in total. The first-order valence-corrected chi connectivity index (χ1v) is 10.4. The van der Waals surface area contributed by atoms with Crippen LogP contribution in [0.4, 0.5) is 10.5 Å². The normalized spacial score (nSPS) is 16.0. The van der Waals surface area contributed by atoms with Crippen LogP contribution < -0.4 is 10.6 Å². The van der Waals surface area contributed by atoms with Gasteiger partial charge in [-0.2, -0.15) is 4.31 Å². The number of carbonyl (C=O) groups is 1. The third-order valence-electron chi connectivity index (χ3n) is 4.67. The number of rotatable bonds is 5. The Bertz CT molecular complexity index is 862. The molecule has 1 aliphatic heterocycles. The van der Waals surface area contributed by atoms with Gasteiger partial charge in [-0.3, -0.25) is 4.98 Å². The van der Waals surface area contributed by atoms with E-state index in [1.54, 1.807) is 30.6 Å². The van der Waals surface area contributed by atoms with Gasteiger partial charge in [-0.25, -0.2) is 13.2 Å². The zero-order chi connectivity index (χ0) is 19.3. The van der Waals surface area contributed by atoms with Crippen LogP contribution in [-0.4, -0.2) is 36.8 Å². The van der Waals surface area contributed by atoms with E-state index >= 15 is 0 Å². The van der Waals surface area contributed by atoms with E-state index in [-0.39, 0.29) is 10.9 Å². The second kappa shape index (κ2) is 8.49. The molecule has 0 bridgehead atoms. The Hall–Kier alpha value is -2.45.